The Kier molecular flexibility index (Phi) is 3.92. The first kappa shape index (κ1) is 15.4. The SMILES string of the molecule is COc1cc2nc(C3CC3)nc(N3CCN(C)CC3)c2cc1OC. The standard InChI is InChI=1S/C18H24N4O2/c1-21-6-8-22(9-7-21)18-13-10-15(23-2)16(24-3)11-14(13)19-17(20-18)12-4-5-12/h10-12H,4-9H2,1-3H3. The maximum Gasteiger partial charge on any atom is 0.162 e. The van der Waals surface area contributed by atoms with E-state index in [0.29, 0.717) is 5.92 Å². The molecule has 0 amide bonds. The second-order valence-electron chi connectivity index (χ2n) is 6.69. The summed E-state index contributed by atoms with van der Waals surface area (Å²) in [5, 5.41) is 1.04. The fourth-order valence-electron chi connectivity index (χ4n) is 3.24. The van der Waals surface area contributed by atoms with Gasteiger partial charge in [0.25, 0.3) is 0 Å². The maximum absolute atomic E-state index is 5.49. The molecule has 1 aromatic heterocycles. The summed E-state index contributed by atoms with van der Waals surface area (Å²) < 4.78 is 10.9. The molecule has 128 valence electrons. The third-order valence-corrected chi connectivity index (χ3v) is 4.94. The predicted octanol–water partition coefficient (Wildman–Crippen LogP) is 2.28. The van der Waals surface area contributed by atoms with Crippen LogP contribution in [0.4, 0.5) is 5.82 Å². The molecule has 0 N–H and O–H groups in total. The lowest BCUT2D eigenvalue weighted by Crippen LogP contribution is -2.45. The molecule has 4 rings (SSSR count). The van der Waals surface area contributed by atoms with E-state index in [-0.39, 0.29) is 0 Å². The van der Waals surface area contributed by atoms with Crippen LogP contribution in [-0.2, 0) is 0 Å². The first-order chi connectivity index (χ1) is 11.7. The van der Waals surface area contributed by atoms with Crippen molar-refractivity contribution in [3.63, 3.8) is 0 Å². The van der Waals surface area contributed by atoms with Crippen LogP contribution in [0.5, 0.6) is 11.5 Å². The van der Waals surface area contributed by atoms with Gasteiger partial charge in [-0.1, -0.05) is 0 Å². The van der Waals surface area contributed by atoms with Crippen molar-refractivity contribution in [2.24, 2.45) is 0 Å². The van der Waals surface area contributed by atoms with Gasteiger partial charge in [0.15, 0.2) is 11.5 Å². The molecule has 24 heavy (non-hydrogen) atoms. The predicted molar refractivity (Wildman–Crippen MR) is 94.3 cm³/mol. The summed E-state index contributed by atoms with van der Waals surface area (Å²) in [5.74, 6) is 3.98. The zero-order chi connectivity index (χ0) is 16.7. The first-order valence-corrected chi connectivity index (χ1v) is 8.56. The van der Waals surface area contributed by atoms with Crippen LogP contribution in [-0.4, -0.2) is 62.3 Å². The van der Waals surface area contributed by atoms with Gasteiger partial charge in [0.1, 0.15) is 11.6 Å². The number of rotatable bonds is 4. The Labute approximate surface area is 142 Å². The summed E-state index contributed by atoms with van der Waals surface area (Å²) in [7, 11) is 5.49. The van der Waals surface area contributed by atoms with Gasteiger partial charge in [-0.05, 0) is 26.0 Å². The molecule has 2 heterocycles. The van der Waals surface area contributed by atoms with Crippen LogP contribution in [0.15, 0.2) is 12.1 Å². The third kappa shape index (κ3) is 2.75. The Bertz CT molecular complexity index is 752. The molecule has 0 bridgehead atoms. The van der Waals surface area contributed by atoms with E-state index in [4.69, 9.17) is 19.4 Å². The van der Waals surface area contributed by atoms with Crippen LogP contribution >= 0.6 is 0 Å². The van der Waals surface area contributed by atoms with Crippen molar-refractivity contribution in [2.45, 2.75) is 18.8 Å². The van der Waals surface area contributed by atoms with E-state index in [9.17, 15) is 0 Å². The highest BCUT2D eigenvalue weighted by molar-refractivity contribution is 5.92. The van der Waals surface area contributed by atoms with Crippen LogP contribution in [0.25, 0.3) is 10.9 Å². The number of aromatic nitrogens is 2. The number of fused-ring (bicyclic) bond motifs is 1. The van der Waals surface area contributed by atoms with Crippen LogP contribution in [0.2, 0.25) is 0 Å². The lowest BCUT2D eigenvalue weighted by molar-refractivity contribution is 0.312. The van der Waals surface area contributed by atoms with Gasteiger partial charge >= 0.3 is 0 Å². The van der Waals surface area contributed by atoms with Gasteiger partial charge in [0, 0.05) is 43.5 Å². The molecule has 0 spiro atoms. The number of nitrogens with zero attached hydrogens (tertiary/aromatic N) is 4. The topological polar surface area (TPSA) is 50.7 Å². The Morgan fingerprint density at radius 1 is 0.958 bits per heavy atom. The minimum atomic E-state index is 0.522. The average molecular weight is 328 g/mol. The second-order valence-corrected chi connectivity index (χ2v) is 6.69. The van der Waals surface area contributed by atoms with Gasteiger partial charge in [-0.15, -0.1) is 0 Å². The van der Waals surface area contributed by atoms with Gasteiger partial charge in [0.05, 0.1) is 19.7 Å². The highest BCUT2D eigenvalue weighted by Crippen LogP contribution is 2.41. The number of benzene rings is 1. The van der Waals surface area contributed by atoms with Gasteiger partial charge < -0.3 is 19.3 Å². The second kappa shape index (κ2) is 6.09. The van der Waals surface area contributed by atoms with E-state index in [2.05, 4.69) is 16.8 Å². The average Bonchev–Trinajstić information content (AvgIpc) is 3.45. The molecule has 1 aliphatic carbocycles. The van der Waals surface area contributed by atoms with Gasteiger partial charge in [-0.3, -0.25) is 0 Å². The molecule has 6 heteroatoms. The van der Waals surface area contributed by atoms with Crippen molar-refractivity contribution >= 4 is 16.7 Å². The number of ether oxygens (including phenoxy) is 2. The van der Waals surface area contributed by atoms with Crippen molar-refractivity contribution in [1.29, 1.82) is 0 Å². The highest BCUT2D eigenvalue weighted by Gasteiger charge is 2.29. The normalized spacial score (nSPS) is 18.9. The van der Waals surface area contributed by atoms with Crippen molar-refractivity contribution in [1.82, 2.24) is 14.9 Å². The van der Waals surface area contributed by atoms with Gasteiger partial charge in [0.2, 0.25) is 0 Å². The number of hydrogen-bond acceptors (Lipinski definition) is 6. The summed E-state index contributed by atoms with van der Waals surface area (Å²) in [6, 6.07) is 3.99. The lowest BCUT2D eigenvalue weighted by atomic mass is 10.1. The number of likely N-dealkylation sites (N-methyl/N-ethyl adjacent to an activating group) is 1. The zero-order valence-electron chi connectivity index (χ0n) is 14.6. The van der Waals surface area contributed by atoms with Crippen LogP contribution in [0.1, 0.15) is 24.6 Å². The van der Waals surface area contributed by atoms with Crippen molar-refractivity contribution in [3.8, 4) is 11.5 Å². The minimum Gasteiger partial charge on any atom is -0.493 e. The van der Waals surface area contributed by atoms with E-state index in [1.165, 1.54) is 12.8 Å². The summed E-state index contributed by atoms with van der Waals surface area (Å²) in [4.78, 5) is 14.5. The Morgan fingerprint density at radius 2 is 1.62 bits per heavy atom. The molecule has 2 aromatic rings. The smallest absolute Gasteiger partial charge is 0.162 e. The van der Waals surface area contributed by atoms with Crippen LogP contribution < -0.4 is 14.4 Å². The molecule has 2 aliphatic rings. The molecule has 0 unspecified atom stereocenters. The first-order valence-electron chi connectivity index (χ1n) is 8.56. The molecular weight excluding hydrogens is 304 g/mol. The van der Waals surface area contributed by atoms with Gasteiger partial charge in [-0.2, -0.15) is 0 Å². The van der Waals surface area contributed by atoms with Crippen molar-refractivity contribution in [3.05, 3.63) is 18.0 Å². The molecule has 1 saturated carbocycles. The highest BCUT2D eigenvalue weighted by atomic mass is 16.5. The summed E-state index contributed by atoms with van der Waals surface area (Å²) >= 11 is 0. The number of piperazine rings is 1. The molecular formula is C18H24N4O2. The maximum atomic E-state index is 5.49. The molecule has 0 atom stereocenters. The molecule has 1 aromatic carbocycles. The fraction of sp³-hybridized carbons (Fsp3) is 0.556. The van der Waals surface area contributed by atoms with Crippen molar-refractivity contribution in [2.75, 3.05) is 52.3 Å². The van der Waals surface area contributed by atoms with Crippen LogP contribution in [0, 0.1) is 0 Å². The van der Waals surface area contributed by atoms with E-state index < -0.39 is 0 Å². The number of anilines is 1. The summed E-state index contributed by atoms with van der Waals surface area (Å²) in [5.41, 5.74) is 0.943. The molecule has 6 nitrogen and oxygen atoms in total. The number of methoxy groups -OCH3 is 2. The Balaban J connectivity index is 1.85. The molecule has 1 saturated heterocycles. The summed E-state index contributed by atoms with van der Waals surface area (Å²) in [6.07, 6.45) is 2.39. The van der Waals surface area contributed by atoms with Gasteiger partial charge in [-0.25, -0.2) is 9.97 Å². The quantitative estimate of drug-likeness (QED) is 0.858. The number of hydrogen-bond donors (Lipinski definition) is 0. The molecule has 0 radical (unpaired) electrons. The summed E-state index contributed by atoms with van der Waals surface area (Å²) in [6.45, 7) is 4.08. The van der Waals surface area contributed by atoms with Crippen molar-refractivity contribution < 1.29 is 9.47 Å². The fourth-order valence-corrected chi connectivity index (χ4v) is 3.24. The Hall–Kier alpha value is -2.08. The van der Waals surface area contributed by atoms with E-state index in [0.717, 1.165) is 60.2 Å². The molecule has 2 fully saturated rings. The van der Waals surface area contributed by atoms with E-state index in [1.54, 1.807) is 14.2 Å². The van der Waals surface area contributed by atoms with Crippen LogP contribution in [0.3, 0.4) is 0 Å². The lowest BCUT2D eigenvalue weighted by Gasteiger charge is -2.34. The van der Waals surface area contributed by atoms with E-state index >= 15 is 0 Å². The zero-order valence-corrected chi connectivity index (χ0v) is 14.6. The largest absolute Gasteiger partial charge is 0.493 e. The molecule has 1 aliphatic heterocycles. The Morgan fingerprint density at radius 3 is 2.25 bits per heavy atom. The minimum absolute atomic E-state index is 0.522. The van der Waals surface area contributed by atoms with E-state index in [1.807, 2.05) is 12.1 Å². The monoisotopic (exact) mass is 328 g/mol. The third-order valence-electron chi connectivity index (χ3n) is 4.94.